The van der Waals surface area contributed by atoms with Crippen molar-refractivity contribution in [2.24, 2.45) is 7.05 Å². The first-order chi connectivity index (χ1) is 19.3. The quantitative estimate of drug-likeness (QED) is 0.194. The van der Waals surface area contributed by atoms with E-state index in [1.54, 1.807) is 53.8 Å². The lowest BCUT2D eigenvalue weighted by Gasteiger charge is -2.14. The van der Waals surface area contributed by atoms with E-state index in [-0.39, 0.29) is 6.42 Å². The predicted octanol–water partition coefficient (Wildman–Crippen LogP) is 6.98. The highest BCUT2D eigenvalue weighted by molar-refractivity contribution is 7.31. The molecule has 9 nitrogen and oxygen atoms in total. The van der Waals surface area contributed by atoms with Crippen LogP contribution in [0.5, 0.6) is 11.5 Å². The van der Waals surface area contributed by atoms with Gasteiger partial charge in [-0.1, -0.05) is 30.3 Å². The molecule has 0 saturated carbocycles. The number of carboxylic acids is 1. The van der Waals surface area contributed by atoms with Crippen molar-refractivity contribution in [1.82, 2.24) is 9.78 Å². The maximum absolute atomic E-state index is 12.7. The van der Waals surface area contributed by atoms with Crippen molar-refractivity contribution in [1.29, 1.82) is 0 Å². The third-order valence-electron chi connectivity index (χ3n) is 6.39. The Labute approximate surface area is 238 Å². The number of aryl methyl sites for hydroxylation is 1. The van der Waals surface area contributed by atoms with Crippen LogP contribution in [-0.4, -0.2) is 41.2 Å². The van der Waals surface area contributed by atoms with E-state index in [0.29, 0.717) is 22.9 Å². The number of carbonyl (C=O) groups excluding carboxylic acids is 1. The zero-order chi connectivity index (χ0) is 28.4. The maximum Gasteiger partial charge on any atom is 0.413 e. The molecule has 1 unspecified atom stereocenters. The van der Waals surface area contributed by atoms with Crippen LogP contribution in [0.3, 0.4) is 0 Å². The number of amides is 1. The van der Waals surface area contributed by atoms with Gasteiger partial charge in [0, 0.05) is 37.3 Å². The summed E-state index contributed by atoms with van der Waals surface area (Å²) in [6.45, 7) is 1.83. The topological polar surface area (TPSA) is 112 Å². The van der Waals surface area contributed by atoms with Gasteiger partial charge in [-0.15, -0.1) is 22.7 Å². The van der Waals surface area contributed by atoms with E-state index in [1.165, 1.54) is 7.11 Å². The number of hydrogen-bond donors (Lipinski definition) is 2. The fourth-order valence-electron chi connectivity index (χ4n) is 4.40. The molecular weight excluding hydrogens is 550 g/mol. The van der Waals surface area contributed by atoms with Crippen LogP contribution >= 0.6 is 22.7 Å². The molecule has 3 heterocycles. The molecule has 1 amide bonds. The van der Waals surface area contributed by atoms with Crippen molar-refractivity contribution in [3.05, 3.63) is 71.9 Å². The molecule has 0 fully saturated rings. The van der Waals surface area contributed by atoms with Gasteiger partial charge in [0.15, 0.2) is 0 Å². The van der Waals surface area contributed by atoms with Crippen LogP contribution in [0.1, 0.15) is 24.2 Å². The molecule has 2 aromatic carbocycles. The minimum atomic E-state index is -0.944. The third-order valence-corrected chi connectivity index (χ3v) is 8.75. The summed E-state index contributed by atoms with van der Waals surface area (Å²) in [5.41, 5.74) is 3.06. The van der Waals surface area contributed by atoms with Crippen molar-refractivity contribution in [3.63, 3.8) is 0 Å². The number of hydrogen-bond acceptors (Lipinski definition) is 8. The lowest BCUT2D eigenvalue weighted by atomic mass is 10.0. The van der Waals surface area contributed by atoms with E-state index < -0.39 is 18.2 Å². The fourth-order valence-corrected chi connectivity index (χ4v) is 6.83. The molecule has 3 aromatic heterocycles. The SMILES string of the molecule is COc1cc(-c2cc3sc(-c4cnn(C)c4NC(=O)OC(C)c4ccccc4)cc3s2)c(OC)cc1CC(=O)O. The Balaban J connectivity index is 1.40. The number of anilines is 1. The predicted molar refractivity (Wildman–Crippen MR) is 157 cm³/mol. The average molecular weight is 578 g/mol. The second kappa shape index (κ2) is 11.4. The molecule has 1 atom stereocenters. The standard InChI is InChI=1S/C29H27N3O6S2/c1-16(17-8-6-5-7-9-17)38-29(35)31-28-20(15-30-32(28)2)24-14-26-25(40-24)13-23(39-26)19-12-21(36-3)18(11-27(33)34)10-22(19)37-4/h5-10,12-16H,11H2,1-4H3,(H,31,35)(H,33,34). The zero-order valence-corrected chi connectivity index (χ0v) is 23.9. The van der Waals surface area contributed by atoms with Crippen molar-refractivity contribution < 1.29 is 28.9 Å². The van der Waals surface area contributed by atoms with Crippen LogP contribution in [0, 0.1) is 0 Å². The molecular formula is C29H27N3O6S2. The van der Waals surface area contributed by atoms with E-state index >= 15 is 0 Å². The number of carbonyl (C=O) groups is 2. The van der Waals surface area contributed by atoms with E-state index in [0.717, 1.165) is 35.8 Å². The number of ether oxygens (including phenoxy) is 3. The molecule has 2 N–H and O–H groups in total. The molecule has 5 rings (SSSR count). The van der Waals surface area contributed by atoms with Gasteiger partial charge < -0.3 is 19.3 Å². The number of nitrogens with zero attached hydrogens (tertiary/aromatic N) is 2. The average Bonchev–Trinajstić information content (AvgIpc) is 3.62. The fraction of sp³-hybridized carbons (Fsp3) is 0.207. The van der Waals surface area contributed by atoms with Gasteiger partial charge in [-0.05, 0) is 36.8 Å². The molecule has 0 spiro atoms. The van der Waals surface area contributed by atoms with Crippen LogP contribution in [0.25, 0.3) is 30.3 Å². The van der Waals surface area contributed by atoms with Crippen LogP contribution < -0.4 is 14.8 Å². The van der Waals surface area contributed by atoms with Crippen molar-refractivity contribution >= 4 is 50.0 Å². The van der Waals surface area contributed by atoms with Gasteiger partial charge in [0.05, 0.1) is 32.4 Å². The molecule has 0 saturated heterocycles. The molecule has 0 radical (unpaired) electrons. The summed E-state index contributed by atoms with van der Waals surface area (Å²) in [5.74, 6) is 0.670. The summed E-state index contributed by atoms with van der Waals surface area (Å²) >= 11 is 3.17. The van der Waals surface area contributed by atoms with Crippen LogP contribution in [0.15, 0.2) is 60.8 Å². The van der Waals surface area contributed by atoms with Crippen LogP contribution in [0.4, 0.5) is 10.6 Å². The lowest BCUT2D eigenvalue weighted by Crippen LogP contribution is -2.18. The Kier molecular flexibility index (Phi) is 7.76. The first-order valence-electron chi connectivity index (χ1n) is 12.3. The number of aliphatic carboxylic acids is 1. The summed E-state index contributed by atoms with van der Waals surface area (Å²) in [7, 11) is 4.85. The van der Waals surface area contributed by atoms with Crippen LogP contribution in [0.2, 0.25) is 0 Å². The largest absolute Gasteiger partial charge is 0.496 e. The van der Waals surface area contributed by atoms with E-state index in [2.05, 4.69) is 22.5 Å². The number of fused-ring (bicyclic) bond motifs is 1. The van der Waals surface area contributed by atoms with Gasteiger partial charge in [-0.3, -0.25) is 14.8 Å². The number of rotatable bonds is 9. The number of carboxylic acid groups (broad SMARTS) is 1. The van der Waals surface area contributed by atoms with Crippen molar-refractivity contribution in [2.75, 3.05) is 19.5 Å². The Morgan fingerprint density at radius 3 is 2.25 bits per heavy atom. The number of methoxy groups -OCH3 is 2. The first kappa shape index (κ1) is 27.2. The number of nitrogens with one attached hydrogen (secondary N) is 1. The summed E-state index contributed by atoms with van der Waals surface area (Å²) in [6, 6.07) is 17.2. The Morgan fingerprint density at radius 1 is 0.975 bits per heavy atom. The van der Waals surface area contributed by atoms with Gasteiger partial charge in [0.25, 0.3) is 0 Å². The minimum absolute atomic E-state index is 0.164. The van der Waals surface area contributed by atoms with E-state index in [9.17, 15) is 14.7 Å². The molecule has 5 aromatic rings. The molecule has 0 aliphatic rings. The summed E-state index contributed by atoms with van der Waals surface area (Å²) < 4.78 is 20.4. The highest BCUT2D eigenvalue weighted by Gasteiger charge is 2.21. The van der Waals surface area contributed by atoms with Gasteiger partial charge in [-0.2, -0.15) is 5.10 Å². The minimum Gasteiger partial charge on any atom is -0.496 e. The molecule has 40 heavy (non-hydrogen) atoms. The molecule has 0 aliphatic heterocycles. The smallest absolute Gasteiger partial charge is 0.413 e. The van der Waals surface area contributed by atoms with Gasteiger partial charge in [0.2, 0.25) is 0 Å². The first-order valence-corrected chi connectivity index (χ1v) is 14.0. The lowest BCUT2D eigenvalue weighted by molar-refractivity contribution is -0.136. The molecule has 0 aliphatic carbocycles. The Hall–Kier alpha value is -4.35. The summed E-state index contributed by atoms with van der Waals surface area (Å²) in [5, 5.41) is 16.5. The third kappa shape index (κ3) is 5.51. The Morgan fingerprint density at radius 2 is 1.62 bits per heavy atom. The molecule has 0 bridgehead atoms. The monoisotopic (exact) mass is 577 g/mol. The number of aromatic nitrogens is 2. The highest BCUT2D eigenvalue weighted by atomic mass is 32.1. The second-order valence-electron chi connectivity index (χ2n) is 9.00. The molecule has 11 heteroatoms. The normalized spacial score (nSPS) is 11.8. The highest BCUT2D eigenvalue weighted by Crippen LogP contribution is 2.46. The van der Waals surface area contributed by atoms with E-state index in [1.807, 2.05) is 43.3 Å². The van der Waals surface area contributed by atoms with E-state index in [4.69, 9.17) is 14.2 Å². The number of thiophene rings is 2. The zero-order valence-electron chi connectivity index (χ0n) is 22.3. The summed E-state index contributed by atoms with van der Waals surface area (Å²) in [6.07, 6.45) is 0.594. The van der Waals surface area contributed by atoms with Gasteiger partial charge >= 0.3 is 12.1 Å². The second-order valence-corrected chi connectivity index (χ2v) is 11.2. The van der Waals surface area contributed by atoms with Crippen molar-refractivity contribution in [2.45, 2.75) is 19.4 Å². The van der Waals surface area contributed by atoms with Crippen molar-refractivity contribution in [3.8, 4) is 32.4 Å². The Bertz CT molecular complexity index is 1660. The summed E-state index contributed by atoms with van der Waals surface area (Å²) in [4.78, 5) is 25.9. The van der Waals surface area contributed by atoms with Gasteiger partial charge in [-0.25, -0.2) is 4.79 Å². The van der Waals surface area contributed by atoms with Crippen LogP contribution in [-0.2, 0) is 23.0 Å². The number of benzene rings is 2. The van der Waals surface area contributed by atoms with Gasteiger partial charge in [0.1, 0.15) is 23.4 Å². The molecule has 206 valence electrons. The maximum atomic E-state index is 12.7.